The lowest BCUT2D eigenvalue weighted by Gasteiger charge is -2.20. The van der Waals surface area contributed by atoms with Gasteiger partial charge in [-0.05, 0) is 31.7 Å². The summed E-state index contributed by atoms with van der Waals surface area (Å²) in [6.45, 7) is 3.44. The first-order valence-electron chi connectivity index (χ1n) is 7.84. The maximum absolute atomic E-state index is 12.1. The minimum absolute atomic E-state index is 0.0260. The van der Waals surface area contributed by atoms with Crippen LogP contribution in [0, 0.1) is 5.92 Å². The van der Waals surface area contributed by atoms with Crippen LogP contribution >= 0.6 is 0 Å². The summed E-state index contributed by atoms with van der Waals surface area (Å²) < 4.78 is 11.5. The molecule has 0 bridgehead atoms. The van der Waals surface area contributed by atoms with Gasteiger partial charge in [-0.3, -0.25) is 4.79 Å². The molecule has 0 radical (unpaired) electrons. The Balaban J connectivity index is 1.53. The minimum atomic E-state index is -0.266. The second kappa shape index (κ2) is 6.58. The van der Waals surface area contributed by atoms with Crippen LogP contribution in [-0.2, 0) is 14.3 Å². The average molecular weight is 289 g/mol. The molecule has 1 aromatic rings. The Morgan fingerprint density at radius 1 is 1.24 bits per heavy atom. The van der Waals surface area contributed by atoms with E-state index in [0.717, 1.165) is 25.9 Å². The van der Waals surface area contributed by atoms with E-state index in [0.29, 0.717) is 12.5 Å². The number of amides is 1. The zero-order chi connectivity index (χ0) is 14.7. The van der Waals surface area contributed by atoms with Gasteiger partial charge in [-0.2, -0.15) is 0 Å². The van der Waals surface area contributed by atoms with Crippen molar-refractivity contribution in [3.8, 4) is 0 Å². The fourth-order valence-electron chi connectivity index (χ4n) is 3.20. The maximum atomic E-state index is 12.1. The molecule has 3 rings (SSSR count). The first kappa shape index (κ1) is 14.5. The molecule has 1 N–H and O–H groups in total. The molecule has 0 spiro atoms. The smallest absolute Gasteiger partial charge is 0.249 e. The Labute approximate surface area is 125 Å². The van der Waals surface area contributed by atoms with E-state index in [4.69, 9.17) is 9.47 Å². The quantitative estimate of drug-likeness (QED) is 0.926. The molecular formula is C17H23NO3. The molecule has 114 valence electrons. The molecule has 2 fully saturated rings. The third kappa shape index (κ3) is 3.44. The van der Waals surface area contributed by atoms with Gasteiger partial charge in [0.1, 0.15) is 6.10 Å². The minimum Gasteiger partial charge on any atom is -0.373 e. The van der Waals surface area contributed by atoms with Gasteiger partial charge >= 0.3 is 0 Å². The lowest BCUT2D eigenvalue weighted by Crippen LogP contribution is -2.38. The Morgan fingerprint density at radius 2 is 2.05 bits per heavy atom. The molecule has 0 unspecified atom stereocenters. The van der Waals surface area contributed by atoms with Gasteiger partial charge in [0, 0.05) is 19.1 Å². The van der Waals surface area contributed by atoms with Gasteiger partial charge < -0.3 is 14.8 Å². The number of nitrogens with one attached hydrogen (secondary N) is 1. The predicted molar refractivity (Wildman–Crippen MR) is 79.8 cm³/mol. The van der Waals surface area contributed by atoms with E-state index in [9.17, 15) is 4.79 Å². The number of rotatable bonds is 4. The van der Waals surface area contributed by atoms with Gasteiger partial charge in [0.15, 0.2) is 0 Å². The molecule has 2 aliphatic rings. The van der Waals surface area contributed by atoms with E-state index in [1.165, 1.54) is 5.56 Å². The van der Waals surface area contributed by atoms with Crippen molar-refractivity contribution in [3.05, 3.63) is 35.9 Å². The van der Waals surface area contributed by atoms with Crippen molar-refractivity contribution in [3.63, 3.8) is 0 Å². The highest BCUT2D eigenvalue weighted by atomic mass is 16.5. The Hall–Kier alpha value is -1.39. The van der Waals surface area contributed by atoms with Crippen molar-refractivity contribution < 1.29 is 14.3 Å². The second-order valence-electron chi connectivity index (χ2n) is 6.01. The average Bonchev–Trinajstić information content (AvgIpc) is 3.14. The first-order valence-corrected chi connectivity index (χ1v) is 7.84. The number of benzene rings is 1. The summed E-state index contributed by atoms with van der Waals surface area (Å²) in [6, 6.07) is 10.2. The van der Waals surface area contributed by atoms with Crippen LogP contribution in [0.15, 0.2) is 30.3 Å². The molecule has 2 aliphatic heterocycles. The van der Waals surface area contributed by atoms with E-state index in [1.54, 1.807) is 0 Å². The summed E-state index contributed by atoms with van der Waals surface area (Å²) >= 11 is 0. The van der Waals surface area contributed by atoms with Gasteiger partial charge in [0.2, 0.25) is 5.91 Å². The Kier molecular flexibility index (Phi) is 4.56. The highest BCUT2D eigenvalue weighted by Crippen LogP contribution is 2.34. The lowest BCUT2D eigenvalue weighted by atomic mass is 9.95. The molecule has 1 aromatic carbocycles. The van der Waals surface area contributed by atoms with Gasteiger partial charge in [-0.15, -0.1) is 0 Å². The molecule has 1 amide bonds. The highest BCUT2D eigenvalue weighted by molar-refractivity contribution is 5.81. The van der Waals surface area contributed by atoms with Crippen LogP contribution in [0.1, 0.15) is 37.9 Å². The summed E-state index contributed by atoms with van der Waals surface area (Å²) in [5.74, 6) is 0.369. The fraction of sp³-hybridized carbons (Fsp3) is 0.588. The summed E-state index contributed by atoms with van der Waals surface area (Å²) in [5, 5.41) is 3.04. The number of ether oxygens (including phenoxy) is 2. The number of carbonyl (C=O) groups excluding carboxylic acids is 1. The zero-order valence-electron chi connectivity index (χ0n) is 12.5. The van der Waals surface area contributed by atoms with Gasteiger partial charge in [-0.1, -0.05) is 30.3 Å². The van der Waals surface area contributed by atoms with E-state index < -0.39 is 0 Å². The highest BCUT2D eigenvalue weighted by Gasteiger charge is 2.32. The normalized spacial score (nSPS) is 32.2. The number of hydrogen-bond acceptors (Lipinski definition) is 3. The molecule has 0 saturated carbocycles. The van der Waals surface area contributed by atoms with Crippen molar-refractivity contribution in [1.29, 1.82) is 0 Å². The third-order valence-electron chi connectivity index (χ3n) is 4.41. The monoisotopic (exact) mass is 289 g/mol. The summed E-state index contributed by atoms with van der Waals surface area (Å²) in [5.41, 5.74) is 1.19. The van der Waals surface area contributed by atoms with Crippen LogP contribution in [0.25, 0.3) is 0 Å². The summed E-state index contributed by atoms with van der Waals surface area (Å²) in [6.07, 6.45) is 2.81. The van der Waals surface area contributed by atoms with E-state index in [-0.39, 0.29) is 24.2 Å². The van der Waals surface area contributed by atoms with Crippen LogP contribution in [0.4, 0.5) is 0 Å². The van der Waals surface area contributed by atoms with Crippen molar-refractivity contribution >= 4 is 5.91 Å². The topological polar surface area (TPSA) is 47.6 Å². The van der Waals surface area contributed by atoms with Crippen molar-refractivity contribution in [2.45, 2.75) is 44.5 Å². The molecule has 4 nitrogen and oxygen atoms in total. The molecule has 0 aliphatic carbocycles. The Bertz CT molecular complexity index is 476. The molecular weight excluding hydrogens is 266 g/mol. The second-order valence-corrected chi connectivity index (χ2v) is 6.01. The van der Waals surface area contributed by atoms with Crippen molar-refractivity contribution in [2.24, 2.45) is 5.92 Å². The van der Waals surface area contributed by atoms with Crippen LogP contribution in [0.2, 0.25) is 0 Å². The van der Waals surface area contributed by atoms with E-state index in [2.05, 4.69) is 17.4 Å². The molecule has 21 heavy (non-hydrogen) atoms. The zero-order valence-corrected chi connectivity index (χ0v) is 12.5. The summed E-state index contributed by atoms with van der Waals surface area (Å²) in [4.78, 5) is 12.1. The third-order valence-corrected chi connectivity index (χ3v) is 4.41. The standard InChI is InChI=1S/C17H23NO3/c1-12-7-8-15(21-12)17(19)18-11-14-9-10-20-16(14)13-5-3-2-4-6-13/h2-6,12,14-16H,7-11H2,1H3,(H,18,19)/t12-,14+,15-,16+/m0/s1. The Morgan fingerprint density at radius 3 is 2.76 bits per heavy atom. The van der Waals surface area contributed by atoms with Crippen LogP contribution in [0.3, 0.4) is 0 Å². The van der Waals surface area contributed by atoms with Crippen LogP contribution in [-0.4, -0.2) is 31.3 Å². The lowest BCUT2D eigenvalue weighted by molar-refractivity contribution is -0.132. The largest absolute Gasteiger partial charge is 0.373 e. The molecule has 2 heterocycles. The predicted octanol–water partition coefficient (Wildman–Crippen LogP) is 2.45. The molecule has 4 atom stereocenters. The van der Waals surface area contributed by atoms with Crippen LogP contribution < -0.4 is 5.32 Å². The van der Waals surface area contributed by atoms with Gasteiger partial charge in [-0.25, -0.2) is 0 Å². The van der Waals surface area contributed by atoms with E-state index in [1.807, 2.05) is 25.1 Å². The molecule has 0 aromatic heterocycles. The van der Waals surface area contributed by atoms with Crippen LogP contribution in [0.5, 0.6) is 0 Å². The molecule has 4 heteroatoms. The molecule has 2 saturated heterocycles. The van der Waals surface area contributed by atoms with E-state index >= 15 is 0 Å². The fourth-order valence-corrected chi connectivity index (χ4v) is 3.20. The van der Waals surface area contributed by atoms with Crippen molar-refractivity contribution in [2.75, 3.05) is 13.2 Å². The van der Waals surface area contributed by atoms with Crippen molar-refractivity contribution in [1.82, 2.24) is 5.32 Å². The number of carbonyl (C=O) groups is 1. The van der Waals surface area contributed by atoms with Gasteiger partial charge in [0.25, 0.3) is 0 Å². The summed E-state index contributed by atoms with van der Waals surface area (Å²) in [7, 11) is 0. The maximum Gasteiger partial charge on any atom is 0.249 e. The first-order chi connectivity index (χ1) is 10.2. The SMILES string of the molecule is C[C@H]1CC[C@@H](C(=O)NC[C@H]2CCO[C@@H]2c2ccccc2)O1. The number of hydrogen-bond donors (Lipinski definition) is 1. The van der Waals surface area contributed by atoms with Gasteiger partial charge in [0.05, 0.1) is 12.2 Å².